The fourth-order valence-corrected chi connectivity index (χ4v) is 1.62. The van der Waals surface area contributed by atoms with E-state index in [1.807, 2.05) is 0 Å². The number of nitrogens with two attached hydrogens (primary N) is 1. The molecule has 0 aliphatic rings. The largest absolute Gasteiger partial charge is 0.482 e. The van der Waals surface area contributed by atoms with E-state index in [-0.39, 0.29) is 13.2 Å². The Kier molecular flexibility index (Phi) is 4.99. The molecule has 100 valence electrons. The highest BCUT2D eigenvalue weighted by molar-refractivity contribution is 6.31. The molecule has 1 aromatic rings. The number of halogens is 1. The zero-order valence-electron chi connectivity index (χ0n) is 10.8. The van der Waals surface area contributed by atoms with Gasteiger partial charge in [-0.05, 0) is 32.9 Å². The first kappa shape index (κ1) is 14.8. The van der Waals surface area contributed by atoms with Crippen molar-refractivity contribution in [2.45, 2.75) is 32.9 Å². The molecule has 0 bridgehead atoms. The summed E-state index contributed by atoms with van der Waals surface area (Å²) in [7, 11) is 0. The van der Waals surface area contributed by atoms with Crippen molar-refractivity contribution in [2.75, 3.05) is 6.61 Å². The molecule has 0 aromatic heterocycles. The second kappa shape index (κ2) is 6.07. The van der Waals surface area contributed by atoms with E-state index in [1.54, 1.807) is 39.0 Å². The van der Waals surface area contributed by atoms with Crippen LogP contribution in [0.15, 0.2) is 18.2 Å². The number of rotatable bonds is 4. The lowest BCUT2D eigenvalue weighted by Gasteiger charge is -2.20. The Labute approximate surface area is 112 Å². The van der Waals surface area contributed by atoms with E-state index in [1.165, 1.54) is 0 Å². The zero-order valence-corrected chi connectivity index (χ0v) is 11.6. The molecular weight excluding hydrogens is 254 g/mol. The van der Waals surface area contributed by atoms with Gasteiger partial charge in [0.05, 0.1) is 0 Å². The van der Waals surface area contributed by atoms with Gasteiger partial charge < -0.3 is 15.2 Å². The molecule has 0 amide bonds. The van der Waals surface area contributed by atoms with Crippen LogP contribution in [0.5, 0.6) is 5.75 Å². The van der Waals surface area contributed by atoms with Crippen molar-refractivity contribution in [3.05, 3.63) is 28.8 Å². The first-order valence-corrected chi connectivity index (χ1v) is 6.03. The molecule has 0 aliphatic heterocycles. The summed E-state index contributed by atoms with van der Waals surface area (Å²) in [6, 6.07) is 5.19. The Hall–Kier alpha value is -1.26. The standard InChI is InChI=1S/C13H18ClNO3/c1-13(2,3)18-12(16)8-17-11-6-4-5-10(14)9(11)7-15/h4-6H,7-8,15H2,1-3H3. The monoisotopic (exact) mass is 271 g/mol. The third-order valence-corrected chi connectivity index (χ3v) is 2.40. The number of carbonyl (C=O) groups is 1. The van der Waals surface area contributed by atoms with Crippen molar-refractivity contribution < 1.29 is 14.3 Å². The fourth-order valence-electron chi connectivity index (χ4n) is 1.38. The molecule has 0 unspecified atom stereocenters. The summed E-state index contributed by atoms with van der Waals surface area (Å²) in [6.07, 6.45) is 0. The number of carbonyl (C=O) groups excluding carboxylic acids is 1. The smallest absolute Gasteiger partial charge is 0.344 e. The van der Waals surface area contributed by atoms with E-state index in [4.69, 9.17) is 26.8 Å². The molecular formula is C13H18ClNO3. The predicted octanol–water partition coefficient (Wildman–Crippen LogP) is 2.52. The van der Waals surface area contributed by atoms with Crippen LogP contribution < -0.4 is 10.5 Å². The first-order valence-electron chi connectivity index (χ1n) is 5.65. The van der Waals surface area contributed by atoms with Crippen molar-refractivity contribution in [1.82, 2.24) is 0 Å². The van der Waals surface area contributed by atoms with Crippen LogP contribution in [0, 0.1) is 0 Å². The minimum absolute atomic E-state index is 0.162. The minimum atomic E-state index is -0.522. The summed E-state index contributed by atoms with van der Waals surface area (Å²) in [6.45, 7) is 5.49. The highest BCUT2D eigenvalue weighted by Crippen LogP contribution is 2.25. The van der Waals surface area contributed by atoms with Crippen LogP contribution >= 0.6 is 11.6 Å². The molecule has 0 saturated heterocycles. The molecule has 18 heavy (non-hydrogen) atoms. The van der Waals surface area contributed by atoms with Crippen LogP contribution in [0.25, 0.3) is 0 Å². The molecule has 0 radical (unpaired) electrons. The Morgan fingerprint density at radius 1 is 1.39 bits per heavy atom. The van der Waals surface area contributed by atoms with Crippen LogP contribution in [0.1, 0.15) is 26.3 Å². The van der Waals surface area contributed by atoms with Crippen molar-refractivity contribution in [3.63, 3.8) is 0 Å². The van der Waals surface area contributed by atoms with E-state index in [0.717, 1.165) is 0 Å². The van der Waals surface area contributed by atoms with Gasteiger partial charge in [-0.25, -0.2) is 4.79 Å². The number of hydrogen-bond acceptors (Lipinski definition) is 4. The number of benzene rings is 1. The molecule has 5 heteroatoms. The summed E-state index contributed by atoms with van der Waals surface area (Å²) in [5.41, 5.74) is 5.74. The molecule has 4 nitrogen and oxygen atoms in total. The zero-order chi connectivity index (χ0) is 13.8. The van der Waals surface area contributed by atoms with E-state index in [0.29, 0.717) is 16.3 Å². The van der Waals surface area contributed by atoms with E-state index >= 15 is 0 Å². The van der Waals surface area contributed by atoms with E-state index in [9.17, 15) is 4.79 Å². The van der Waals surface area contributed by atoms with Gasteiger partial charge in [0.2, 0.25) is 0 Å². The molecule has 0 spiro atoms. The van der Waals surface area contributed by atoms with Crippen molar-refractivity contribution in [2.24, 2.45) is 5.73 Å². The summed E-state index contributed by atoms with van der Waals surface area (Å²) in [5, 5.41) is 0.527. The Bertz CT molecular complexity index is 427. The van der Waals surface area contributed by atoms with Gasteiger partial charge in [-0.15, -0.1) is 0 Å². The molecule has 0 saturated carbocycles. The molecule has 0 fully saturated rings. The molecule has 1 aromatic carbocycles. The van der Waals surface area contributed by atoms with Crippen molar-refractivity contribution in [3.8, 4) is 5.75 Å². The Balaban J connectivity index is 2.64. The lowest BCUT2D eigenvalue weighted by Crippen LogP contribution is -2.27. The average molecular weight is 272 g/mol. The molecule has 1 rings (SSSR count). The van der Waals surface area contributed by atoms with Gasteiger partial charge >= 0.3 is 5.97 Å². The van der Waals surface area contributed by atoms with E-state index < -0.39 is 11.6 Å². The van der Waals surface area contributed by atoms with Crippen LogP contribution in [0.4, 0.5) is 0 Å². The van der Waals surface area contributed by atoms with Gasteiger partial charge in [0, 0.05) is 17.1 Å². The average Bonchev–Trinajstić information content (AvgIpc) is 2.24. The molecule has 0 heterocycles. The molecule has 0 atom stereocenters. The van der Waals surface area contributed by atoms with Crippen LogP contribution in [-0.4, -0.2) is 18.2 Å². The van der Waals surface area contributed by atoms with Gasteiger partial charge in [0.1, 0.15) is 11.4 Å². The first-order chi connectivity index (χ1) is 8.33. The number of esters is 1. The Morgan fingerprint density at radius 2 is 2.06 bits per heavy atom. The highest BCUT2D eigenvalue weighted by atomic mass is 35.5. The van der Waals surface area contributed by atoms with Crippen LogP contribution in [0.2, 0.25) is 5.02 Å². The maximum Gasteiger partial charge on any atom is 0.344 e. The fraction of sp³-hybridized carbons (Fsp3) is 0.462. The molecule has 2 N–H and O–H groups in total. The predicted molar refractivity (Wildman–Crippen MR) is 70.7 cm³/mol. The van der Waals surface area contributed by atoms with Gasteiger partial charge in [0.15, 0.2) is 6.61 Å². The van der Waals surface area contributed by atoms with Gasteiger partial charge in [-0.1, -0.05) is 17.7 Å². The van der Waals surface area contributed by atoms with Crippen molar-refractivity contribution >= 4 is 17.6 Å². The topological polar surface area (TPSA) is 61.5 Å². The van der Waals surface area contributed by atoms with Gasteiger partial charge in [0.25, 0.3) is 0 Å². The second-order valence-electron chi connectivity index (χ2n) is 4.80. The third-order valence-electron chi connectivity index (χ3n) is 2.05. The quantitative estimate of drug-likeness (QED) is 0.855. The lowest BCUT2D eigenvalue weighted by atomic mass is 10.2. The highest BCUT2D eigenvalue weighted by Gasteiger charge is 2.17. The molecule has 0 aliphatic carbocycles. The maximum absolute atomic E-state index is 11.5. The number of ether oxygens (including phenoxy) is 2. The van der Waals surface area contributed by atoms with Crippen molar-refractivity contribution in [1.29, 1.82) is 0 Å². The summed E-state index contributed by atoms with van der Waals surface area (Å²) < 4.78 is 10.5. The van der Waals surface area contributed by atoms with E-state index in [2.05, 4.69) is 0 Å². The van der Waals surface area contributed by atoms with Crippen LogP contribution in [0.3, 0.4) is 0 Å². The summed E-state index contributed by atoms with van der Waals surface area (Å²) >= 11 is 5.98. The van der Waals surface area contributed by atoms with Gasteiger partial charge in [-0.2, -0.15) is 0 Å². The summed E-state index contributed by atoms with van der Waals surface area (Å²) in [4.78, 5) is 11.5. The maximum atomic E-state index is 11.5. The van der Waals surface area contributed by atoms with Crippen LogP contribution in [-0.2, 0) is 16.1 Å². The van der Waals surface area contributed by atoms with Gasteiger partial charge in [-0.3, -0.25) is 0 Å². The third kappa shape index (κ3) is 4.55. The number of hydrogen-bond donors (Lipinski definition) is 1. The Morgan fingerprint density at radius 3 is 2.61 bits per heavy atom. The minimum Gasteiger partial charge on any atom is -0.482 e. The SMILES string of the molecule is CC(C)(C)OC(=O)COc1cccc(Cl)c1CN. The normalized spacial score (nSPS) is 11.2. The summed E-state index contributed by atoms with van der Waals surface area (Å²) in [5.74, 6) is 0.0845. The lowest BCUT2D eigenvalue weighted by molar-refractivity contribution is -0.157. The second-order valence-corrected chi connectivity index (χ2v) is 5.20.